The lowest BCUT2D eigenvalue weighted by Gasteiger charge is -2.23. The Hall–Kier alpha value is -1.93. The van der Waals surface area contributed by atoms with Crippen molar-refractivity contribution in [2.75, 3.05) is 32.7 Å². The number of nitrogens with zero attached hydrogens (tertiary/aromatic N) is 4. The monoisotopic (exact) mass is 265 g/mol. The van der Waals surface area contributed by atoms with Gasteiger partial charge >= 0.3 is 0 Å². The minimum atomic E-state index is -0.0468. The van der Waals surface area contributed by atoms with Crippen molar-refractivity contribution >= 4 is 17.1 Å². The van der Waals surface area contributed by atoms with E-state index in [1.807, 2.05) is 0 Å². The second-order valence-electron chi connectivity index (χ2n) is 4.20. The van der Waals surface area contributed by atoms with E-state index in [-0.39, 0.29) is 6.10 Å². The van der Waals surface area contributed by atoms with Gasteiger partial charge in [0, 0.05) is 0 Å². The zero-order valence-corrected chi connectivity index (χ0v) is 10.6. The van der Waals surface area contributed by atoms with E-state index in [1.54, 1.807) is 4.57 Å². The van der Waals surface area contributed by atoms with E-state index in [2.05, 4.69) is 15.0 Å². The van der Waals surface area contributed by atoms with Crippen LogP contribution >= 0.6 is 0 Å². The number of aromatic nitrogens is 4. The molecule has 2 aromatic rings. The molecule has 1 unspecified atom stereocenters. The quantitative estimate of drug-likeness (QED) is 0.822. The van der Waals surface area contributed by atoms with Crippen molar-refractivity contribution in [2.45, 2.75) is 12.6 Å². The maximum absolute atomic E-state index is 5.93. The lowest BCUT2D eigenvalue weighted by molar-refractivity contribution is -0.0931. The number of fused-ring (bicyclic) bond motifs is 1. The molecule has 1 atom stereocenters. The largest absolute Gasteiger partial charge is 0.479 e. The molecule has 102 valence electrons. The molecule has 8 nitrogen and oxygen atoms in total. The Morgan fingerprint density at radius 2 is 2.37 bits per heavy atom. The van der Waals surface area contributed by atoms with Crippen LogP contribution in [0.4, 0.5) is 5.95 Å². The Bertz CT molecular complexity index is 579. The topological polar surface area (TPSA) is 97.3 Å². The lowest BCUT2D eigenvalue weighted by atomic mass is 10.3. The van der Waals surface area contributed by atoms with Gasteiger partial charge in [0.2, 0.25) is 11.8 Å². The summed E-state index contributed by atoms with van der Waals surface area (Å²) in [5.41, 5.74) is 7.12. The number of ether oxygens (including phenoxy) is 3. The van der Waals surface area contributed by atoms with E-state index in [0.29, 0.717) is 49.4 Å². The fourth-order valence-electron chi connectivity index (χ4n) is 2.11. The maximum atomic E-state index is 5.93. The van der Waals surface area contributed by atoms with Crippen LogP contribution in [0.1, 0.15) is 0 Å². The molecule has 8 heteroatoms. The molecule has 1 aliphatic heterocycles. The first-order chi connectivity index (χ1) is 9.29. The first-order valence-electron chi connectivity index (χ1n) is 5.99. The predicted octanol–water partition coefficient (Wildman–Crippen LogP) is -0.168. The minimum absolute atomic E-state index is 0.0468. The molecule has 3 heterocycles. The van der Waals surface area contributed by atoms with E-state index in [9.17, 15) is 0 Å². The highest BCUT2D eigenvalue weighted by molar-refractivity contribution is 5.78. The zero-order chi connectivity index (χ0) is 13.2. The van der Waals surface area contributed by atoms with Crippen LogP contribution in [0.5, 0.6) is 5.88 Å². The number of anilines is 1. The average Bonchev–Trinajstić information content (AvgIpc) is 2.76. The van der Waals surface area contributed by atoms with Crippen LogP contribution in [-0.2, 0) is 16.0 Å². The Balaban J connectivity index is 1.96. The van der Waals surface area contributed by atoms with Crippen LogP contribution in [0.25, 0.3) is 11.2 Å². The van der Waals surface area contributed by atoms with Gasteiger partial charge in [-0.05, 0) is 0 Å². The van der Waals surface area contributed by atoms with Gasteiger partial charge in [0.05, 0.1) is 39.6 Å². The molecule has 0 amide bonds. The molecule has 1 aliphatic rings. The second-order valence-corrected chi connectivity index (χ2v) is 4.20. The molecule has 0 bridgehead atoms. The first-order valence-corrected chi connectivity index (χ1v) is 5.99. The highest BCUT2D eigenvalue weighted by atomic mass is 16.6. The second kappa shape index (κ2) is 4.98. The van der Waals surface area contributed by atoms with Gasteiger partial charge in [0.15, 0.2) is 11.2 Å². The summed E-state index contributed by atoms with van der Waals surface area (Å²) in [6.07, 6.45) is 1.38. The molecule has 0 aromatic carbocycles. The zero-order valence-electron chi connectivity index (χ0n) is 10.6. The highest BCUT2D eigenvalue weighted by Crippen LogP contribution is 2.23. The summed E-state index contributed by atoms with van der Waals surface area (Å²) in [5, 5.41) is 0. The molecule has 0 aliphatic carbocycles. The van der Waals surface area contributed by atoms with Gasteiger partial charge in [-0.15, -0.1) is 0 Å². The molecule has 3 rings (SSSR count). The molecular weight excluding hydrogens is 250 g/mol. The molecular formula is C11H15N5O3. The van der Waals surface area contributed by atoms with Crippen LogP contribution in [0.3, 0.4) is 0 Å². The van der Waals surface area contributed by atoms with Crippen LogP contribution in [-0.4, -0.2) is 52.6 Å². The SMILES string of the molecule is COc1ncnc2c1nc(N)n2CC1COCCO1. The van der Waals surface area contributed by atoms with Gasteiger partial charge in [0.25, 0.3) is 0 Å². The van der Waals surface area contributed by atoms with E-state index in [0.717, 1.165) is 0 Å². The summed E-state index contributed by atoms with van der Waals surface area (Å²) >= 11 is 0. The van der Waals surface area contributed by atoms with Crippen molar-refractivity contribution < 1.29 is 14.2 Å². The third kappa shape index (κ3) is 2.20. The molecule has 19 heavy (non-hydrogen) atoms. The molecule has 0 spiro atoms. The number of imidazole rings is 1. The Morgan fingerprint density at radius 3 is 3.11 bits per heavy atom. The fourth-order valence-corrected chi connectivity index (χ4v) is 2.11. The third-order valence-electron chi connectivity index (χ3n) is 2.99. The Kier molecular flexibility index (Phi) is 3.18. The normalized spacial score (nSPS) is 19.7. The summed E-state index contributed by atoms with van der Waals surface area (Å²) in [5.74, 6) is 0.777. The molecule has 2 aromatic heterocycles. The van der Waals surface area contributed by atoms with Crippen molar-refractivity contribution in [3.8, 4) is 5.88 Å². The number of methoxy groups -OCH3 is 1. The summed E-state index contributed by atoms with van der Waals surface area (Å²) < 4.78 is 17.9. The van der Waals surface area contributed by atoms with E-state index in [1.165, 1.54) is 13.4 Å². The lowest BCUT2D eigenvalue weighted by Crippen LogP contribution is -2.32. The maximum Gasteiger partial charge on any atom is 0.245 e. The number of hydrogen-bond donors (Lipinski definition) is 1. The summed E-state index contributed by atoms with van der Waals surface area (Å²) in [4.78, 5) is 12.5. The highest BCUT2D eigenvalue weighted by Gasteiger charge is 2.20. The molecule has 2 N–H and O–H groups in total. The minimum Gasteiger partial charge on any atom is -0.479 e. The molecule has 1 fully saturated rings. The Morgan fingerprint density at radius 1 is 1.47 bits per heavy atom. The number of nitrogen functional groups attached to an aromatic ring is 1. The predicted molar refractivity (Wildman–Crippen MR) is 66.8 cm³/mol. The summed E-state index contributed by atoms with van der Waals surface area (Å²) in [6, 6.07) is 0. The van der Waals surface area contributed by atoms with E-state index >= 15 is 0 Å². The van der Waals surface area contributed by atoms with Crippen molar-refractivity contribution in [2.24, 2.45) is 0 Å². The van der Waals surface area contributed by atoms with Gasteiger partial charge in [-0.2, -0.15) is 4.98 Å². The summed E-state index contributed by atoms with van der Waals surface area (Å²) in [6.45, 7) is 2.31. The number of nitrogens with two attached hydrogens (primary N) is 1. The van der Waals surface area contributed by atoms with Crippen LogP contribution < -0.4 is 10.5 Å². The standard InChI is InChI=1S/C11H15N5O3/c1-17-10-8-9(13-6-14-10)16(11(12)15-8)4-7-5-18-2-3-19-7/h6-7H,2-5H2,1H3,(H2,12,15). The molecule has 0 radical (unpaired) electrons. The van der Waals surface area contributed by atoms with E-state index < -0.39 is 0 Å². The number of rotatable bonds is 3. The van der Waals surface area contributed by atoms with Crippen molar-refractivity contribution in [1.29, 1.82) is 0 Å². The van der Waals surface area contributed by atoms with Crippen LogP contribution in [0, 0.1) is 0 Å². The van der Waals surface area contributed by atoms with Crippen molar-refractivity contribution in [3.05, 3.63) is 6.33 Å². The first kappa shape index (κ1) is 12.1. The van der Waals surface area contributed by atoms with Crippen LogP contribution in [0.2, 0.25) is 0 Å². The fraction of sp³-hybridized carbons (Fsp3) is 0.545. The third-order valence-corrected chi connectivity index (χ3v) is 2.99. The number of hydrogen-bond acceptors (Lipinski definition) is 7. The van der Waals surface area contributed by atoms with E-state index in [4.69, 9.17) is 19.9 Å². The smallest absolute Gasteiger partial charge is 0.245 e. The van der Waals surface area contributed by atoms with Gasteiger partial charge in [-0.3, -0.25) is 4.57 Å². The summed E-state index contributed by atoms with van der Waals surface area (Å²) in [7, 11) is 1.54. The average molecular weight is 265 g/mol. The van der Waals surface area contributed by atoms with Gasteiger partial charge in [0.1, 0.15) is 6.33 Å². The van der Waals surface area contributed by atoms with Gasteiger partial charge in [-0.25, -0.2) is 9.97 Å². The van der Waals surface area contributed by atoms with Crippen molar-refractivity contribution in [3.63, 3.8) is 0 Å². The van der Waals surface area contributed by atoms with Crippen molar-refractivity contribution in [1.82, 2.24) is 19.5 Å². The van der Waals surface area contributed by atoms with Gasteiger partial charge < -0.3 is 19.9 Å². The molecule has 0 saturated carbocycles. The molecule has 1 saturated heterocycles. The van der Waals surface area contributed by atoms with Crippen LogP contribution in [0.15, 0.2) is 6.33 Å². The Labute approximate surface area is 109 Å². The van der Waals surface area contributed by atoms with Gasteiger partial charge in [-0.1, -0.05) is 0 Å².